The molecule has 0 radical (unpaired) electrons. The van der Waals surface area contributed by atoms with Gasteiger partial charge in [-0.15, -0.1) is 11.3 Å². The number of anilines is 1. The van der Waals surface area contributed by atoms with E-state index in [9.17, 15) is 9.90 Å². The summed E-state index contributed by atoms with van der Waals surface area (Å²) in [5.41, 5.74) is 0.756. The van der Waals surface area contributed by atoms with Crippen molar-refractivity contribution in [2.45, 2.75) is 6.54 Å². The number of hydrogen-bond acceptors (Lipinski definition) is 6. The maximum absolute atomic E-state index is 12.2. The molecule has 2 heterocycles. The number of amides is 1. The first-order chi connectivity index (χ1) is 10.7. The highest BCUT2D eigenvalue weighted by Gasteiger charge is 2.16. The molecule has 7 heteroatoms. The maximum atomic E-state index is 12.2. The Morgan fingerprint density at radius 2 is 2.14 bits per heavy atom. The Morgan fingerprint density at radius 1 is 1.36 bits per heavy atom. The van der Waals surface area contributed by atoms with Crippen LogP contribution in [0.1, 0.15) is 15.5 Å². The van der Waals surface area contributed by atoms with Crippen LogP contribution in [0.15, 0.2) is 29.6 Å². The number of benzene rings is 1. The van der Waals surface area contributed by atoms with E-state index >= 15 is 0 Å². The molecule has 1 amide bonds. The molecule has 1 aromatic heterocycles. The number of phenolic OH excluding ortho intramolecular Hbond substituents is 1. The lowest BCUT2D eigenvalue weighted by Crippen LogP contribution is -2.35. The minimum Gasteiger partial charge on any atom is -0.506 e. The molecular formula is C15H17N3O3S. The molecule has 0 bridgehead atoms. The van der Waals surface area contributed by atoms with E-state index in [1.165, 1.54) is 17.4 Å². The zero-order valence-electron chi connectivity index (χ0n) is 12.0. The first-order valence-corrected chi connectivity index (χ1v) is 7.94. The van der Waals surface area contributed by atoms with Crippen molar-refractivity contribution in [1.29, 1.82) is 0 Å². The van der Waals surface area contributed by atoms with Crippen molar-refractivity contribution in [3.63, 3.8) is 0 Å². The minimum atomic E-state index is -0.314. The van der Waals surface area contributed by atoms with Crippen LogP contribution in [-0.4, -0.2) is 47.2 Å². The Balaban J connectivity index is 1.63. The predicted octanol–water partition coefficient (Wildman–Crippen LogP) is 1.93. The van der Waals surface area contributed by atoms with Gasteiger partial charge in [0, 0.05) is 18.5 Å². The monoisotopic (exact) mass is 319 g/mol. The lowest BCUT2D eigenvalue weighted by Gasteiger charge is -2.25. The van der Waals surface area contributed by atoms with Gasteiger partial charge in [-0.05, 0) is 12.1 Å². The number of carbonyl (C=O) groups excluding carboxylic acids is 1. The van der Waals surface area contributed by atoms with Crippen LogP contribution < -0.4 is 5.32 Å². The predicted molar refractivity (Wildman–Crippen MR) is 84.3 cm³/mol. The standard InChI is InChI=1S/C15H17N3O3S/c19-13-4-2-1-3-11(13)17-15(20)12-10-22-14(16-12)9-18-5-7-21-8-6-18/h1-4,10,19H,5-9H2,(H,17,20). The number of hydrogen-bond donors (Lipinski definition) is 2. The second kappa shape index (κ2) is 6.87. The number of aromatic hydroxyl groups is 1. The largest absolute Gasteiger partial charge is 0.506 e. The summed E-state index contributed by atoms with van der Waals surface area (Å²) in [6, 6.07) is 6.63. The number of aromatic nitrogens is 1. The molecule has 116 valence electrons. The van der Waals surface area contributed by atoms with Crippen molar-refractivity contribution in [1.82, 2.24) is 9.88 Å². The third-order valence-corrected chi connectivity index (χ3v) is 4.23. The van der Waals surface area contributed by atoms with Gasteiger partial charge in [0.2, 0.25) is 0 Å². The van der Waals surface area contributed by atoms with Gasteiger partial charge in [-0.2, -0.15) is 0 Å². The zero-order valence-corrected chi connectivity index (χ0v) is 12.8. The molecule has 1 aromatic carbocycles. The summed E-state index contributed by atoms with van der Waals surface area (Å²) in [6.07, 6.45) is 0. The first kappa shape index (κ1) is 15.0. The normalized spacial score (nSPS) is 15.6. The average Bonchev–Trinajstić information content (AvgIpc) is 2.99. The second-order valence-corrected chi connectivity index (χ2v) is 5.93. The summed E-state index contributed by atoms with van der Waals surface area (Å²) in [5.74, 6) is -0.273. The summed E-state index contributed by atoms with van der Waals surface area (Å²) in [5, 5.41) is 15.0. The fourth-order valence-electron chi connectivity index (χ4n) is 2.20. The number of para-hydroxylation sites is 2. The molecule has 1 aliphatic rings. The lowest BCUT2D eigenvalue weighted by molar-refractivity contribution is 0.0341. The van der Waals surface area contributed by atoms with Crippen molar-refractivity contribution in [2.75, 3.05) is 31.6 Å². The number of nitrogens with one attached hydrogen (secondary N) is 1. The Kier molecular flexibility index (Phi) is 4.67. The Hall–Kier alpha value is -1.96. The highest BCUT2D eigenvalue weighted by Crippen LogP contribution is 2.22. The van der Waals surface area contributed by atoms with E-state index in [4.69, 9.17) is 4.74 Å². The lowest BCUT2D eigenvalue weighted by atomic mass is 10.3. The third kappa shape index (κ3) is 3.62. The van der Waals surface area contributed by atoms with E-state index in [-0.39, 0.29) is 11.7 Å². The topological polar surface area (TPSA) is 74.7 Å². The highest BCUT2D eigenvalue weighted by atomic mass is 32.1. The Bertz CT molecular complexity index is 653. The van der Waals surface area contributed by atoms with Gasteiger partial charge in [0.25, 0.3) is 5.91 Å². The van der Waals surface area contributed by atoms with Gasteiger partial charge in [0.1, 0.15) is 16.5 Å². The zero-order chi connectivity index (χ0) is 15.4. The van der Waals surface area contributed by atoms with Gasteiger partial charge in [-0.3, -0.25) is 9.69 Å². The van der Waals surface area contributed by atoms with E-state index < -0.39 is 0 Å². The van der Waals surface area contributed by atoms with Crippen LogP contribution in [0.2, 0.25) is 0 Å². The minimum absolute atomic E-state index is 0.0413. The number of morpholine rings is 1. The van der Waals surface area contributed by atoms with Crippen LogP contribution in [0.25, 0.3) is 0 Å². The van der Waals surface area contributed by atoms with Gasteiger partial charge >= 0.3 is 0 Å². The number of phenols is 1. The molecule has 2 aromatic rings. The Morgan fingerprint density at radius 3 is 2.91 bits per heavy atom. The highest BCUT2D eigenvalue weighted by molar-refractivity contribution is 7.09. The molecule has 0 unspecified atom stereocenters. The summed E-state index contributed by atoms with van der Waals surface area (Å²) < 4.78 is 5.31. The number of thiazole rings is 1. The maximum Gasteiger partial charge on any atom is 0.275 e. The number of carbonyl (C=O) groups is 1. The summed E-state index contributed by atoms with van der Waals surface area (Å²) in [6.45, 7) is 3.99. The molecule has 22 heavy (non-hydrogen) atoms. The Labute approximate surface area is 132 Å². The molecule has 1 aliphatic heterocycles. The molecule has 0 spiro atoms. The van der Waals surface area contributed by atoms with E-state index in [1.54, 1.807) is 23.6 Å². The molecule has 6 nitrogen and oxygen atoms in total. The molecule has 0 saturated carbocycles. The quantitative estimate of drug-likeness (QED) is 0.842. The van der Waals surface area contributed by atoms with Crippen LogP contribution >= 0.6 is 11.3 Å². The van der Waals surface area contributed by atoms with Crippen molar-refractivity contribution in [3.8, 4) is 5.75 Å². The SMILES string of the molecule is O=C(Nc1ccccc1O)c1csc(CN2CCOCC2)n1. The number of nitrogens with zero attached hydrogens (tertiary/aromatic N) is 2. The van der Waals surface area contributed by atoms with Gasteiger partial charge in [0.05, 0.1) is 25.4 Å². The van der Waals surface area contributed by atoms with Gasteiger partial charge in [-0.25, -0.2) is 4.98 Å². The van der Waals surface area contributed by atoms with E-state index in [2.05, 4.69) is 15.2 Å². The molecular weight excluding hydrogens is 302 g/mol. The average molecular weight is 319 g/mol. The van der Waals surface area contributed by atoms with Crippen molar-refractivity contribution in [2.24, 2.45) is 0 Å². The smallest absolute Gasteiger partial charge is 0.275 e. The van der Waals surface area contributed by atoms with Gasteiger partial charge in [0.15, 0.2) is 0 Å². The van der Waals surface area contributed by atoms with Crippen molar-refractivity contribution >= 4 is 22.9 Å². The summed E-state index contributed by atoms with van der Waals surface area (Å²) in [7, 11) is 0. The van der Waals surface area contributed by atoms with Gasteiger partial charge < -0.3 is 15.2 Å². The summed E-state index contributed by atoms with van der Waals surface area (Å²) >= 11 is 1.47. The van der Waals surface area contributed by atoms with Crippen LogP contribution in [0.4, 0.5) is 5.69 Å². The first-order valence-electron chi connectivity index (χ1n) is 7.06. The molecule has 0 atom stereocenters. The summed E-state index contributed by atoms with van der Waals surface area (Å²) in [4.78, 5) is 18.8. The molecule has 1 fully saturated rings. The molecule has 3 rings (SSSR count). The van der Waals surface area contributed by atoms with Crippen molar-refractivity contribution in [3.05, 3.63) is 40.3 Å². The molecule has 0 aliphatic carbocycles. The number of ether oxygens (including phenoxy) is 1. The molecule has 2 N–H and O–H groups in total. The van der Waals surface area contributed by atoms with E-state index in [0.29, 0.717) is 11.4 Å². The fraction of sp³-hybridized carbons (Fsp3) is 0.333. The van der Waals surface area contributed by atoms with Crippen LogP contribution in [-0.2, 0) is 11.3 Å². The van der Waals surface area contributed by atoms with Crippen molar-refractivity contribution < 1.29 is 14.6 Å². The van der Waals surface area contributed by atoms with E-state index in [0.717, 1.165) is 37.9 Å². The van der Waals surface area contributed by atoms with Crippen LogP contribution in [0, 0.1) is 0 Å². The fourth-order valence-corrected chi connectivity index (χ4v) is 3.02. The van der Waals surface area contributed by atoms with Crippen LogP contribution in [0.5, 0.6) is 5.75 Å². The van der Waals surface area contributed by atoms with Crippen LogP contribution in [0.3, 0.4) is 0 Å². The van der Waals surface area contributed by atoms with E-state index in [1.807, 2.05) is 0 Å². The number of rotatable bonds is 4. The second-order valence-electron chi connectivity index (χ2n) is 4.99. The van der Waals surface area contributed by atoms with Gasteiger partial charge in [-0.1, -0.05) is 12.1 Å². The molecule has 1 saturated heterocycles. The third-order valence-electron chi connectivity index (χ3n) is 3.40.